The van der Waals surface area contributed by atoms with Crippen LogP contribution in [0.5, 0.6) is 5.75 Å². The Kier molecular flexibility index (Phi) is 5.30. The van der Waals surface area contributed by atoms with Crippen LogP contribution in [0, 0.1) is 5.92 Å². The van der Waals surface area contributed by atoms with Gasteiger partial charge in [-0.1, -0.05) is 29.8 Å². The van der Waals surface area contributed by atoms with Gasteiger partial charge in [0.1, 0.15) is 5.75 Å². The highest BCUT2D eigenvalue weighted by Gasteiger charge is 2.35. The summed E-state index contributed by atoms with van der Waals surface area (Å²) in [7, 11) is 0. The summed E-state index contributed by atoms with van der Waals surface area (Å²) >= 11 is 3.34. The number of phenols is 1. The van der Waals surface area contributed by atoms with Crippen molar-refractivity contribution in [2.45, 2.75) is 26.8 Å². The van der Waals surface area contributed by atoms with Crippen LogP contribution in [0.2, 0.25) is 0 Å². The monoisotopic (exact) mass is 382 g/mol. The molecule has 3 N–H and O–H groups in total. The lowest BCUT2D eigenvalue weighted by atomic mass is 9.91. The highest BCUT2D eigenvalue weighted by molar-refractivity contribution is 9.10. The molecule has 1 aliphatic heterocycles. The molecule has 0 spiro atoms. The first kappa shape index (κ1) is 17.3. The third kappa shape index (κ3) is 3.67. The quantitative estimate of drug-likeness (QED) is 0.698. The van der Waals surface area contributed by atoms with E-state index in [0.717, 1.165) is 4.47 Å². The van der Waals surface area contributed by atoms with Crippen molar-refractivity contribution in [3.63, 3.8) is 0 Å². The lowest BCUT2D eigenvalue weighted by Crippen LogP contribution is -2.47. The molecule has 1 atom stereocenters. The molecule has 0 aromatic heterocycles. The van der Waals surface area contributed by atoms with E-state index in [4.69, 9.17) is 4.74 Å². The van der Waals surface area contributed by atoms with Gasteiger partial charge in [-0.2, -0.15) is 0 Å². The van der Waals surface area contributed by atoms with Gasteiger partial charge in [-0.15, -0.1) is 0 Å². The molecule has 0 bridgehead atoms. The second-order valence-electron chi connectivity index (χ2n) is 5.44. The minimum Gasteiger partial charge on any atom is -0.508 e. The SMILES string of the molecule is CCOC(=O)C1=C(C(C)C)NC(=O)NC1c1cc(Br)ccc1O. The molecule has 124 valence electrons. The number of nitrogens with one attached hydrogen (secondary N) is 2. The number of benzene rings is 1. The standard InChI is InChI=1S/C16H19BrN2O4/c1-4-23-15(21)12-13(8(2)3)18-16(22)19-14(12)10-7-9(17)5-6-11(10)20/h5-8,14,20H,4H2,1-3H3,(H2,18,19,22). The summed E-state index contributed by atoms with van der Waals surface area (Å²) in [5.74, 6) is -0.615. The Morgan fingerprint density at radius 2 is 2.13 bits per heavy atom. The molecule has 6 nitrogen and oxygen atoms in total. The van der Waals surface area contributed by atoms with Crippen LogP contribution in [0.25, 0.3) is 0 Å². The molecule has 0 radical (unpaired) electrons. The molecule has 7 heteroatoms. The Morgan fingerprint density at radius 1 is 1.43 bits per heavy atom. The molecular formula is C16H19BrN2O4. The maximum Gasteiger partial charge on any atom is 0.338 e. The molecule has 23 heavy (non-hydrogen) atoms. The smallest absolute Gasteiger partial charge is 0.338 e. The van der Waals surface area contributed by atoms with E-state index in [9.17, 15) is 14.7 Å². The van der Waals surface area contributed by atoms with Gasteiger partial charge >= 0.3 is 12.0 Å². The summed E-state index contributed by atoms with van der Waals surface area (Å²) in [6.07, 6.45) is 0. The van der Waals surface area contributed by atoms with Crippen molar-refractivity contribution in [1.82, 2.24) is 10.6 Å². The van der Waals surface area contributed by atoms with Crippen molar-refractivity contribution < 1.29 is 19.4 Å². The van der Waals surface area contributed by atoms with Gasteiger partial charge in [0, 0.05) is 15.7 Å². The van der Waals surface area contributed by atoms with Crippen LogP contribution in [0.15, 0.2) is 33.9 Å². The number of hydrogen-bond acceptors (Lipinski definition) is 4. The predicted octanol–water partition coefficient (Wildman–Crippen LogP) is 2.98. The fourth-order valence-corrected chi connectivity index (χ4v) is 2.85. The molecule has 1 aromatic rings. The second kappa shape index (κ2) is 7.04. The number of halogens is 1. The lowest BCUT2D eigenvalue weighted by molar-refractivity contribution is -0.139. The maximum absolute atomic E-state index is 12.4. The fourth-order valence-electron chi connectivity index (χ4n) is 2.47. The Balaban J connectivity index is 2.62. The summed E-state index contributed by atoms with van der Waals surface area (Å²) in [6.45, 7) is 5.68. The minimum atomic E-state index is -0.780. The molecule has 1 aromatic carbocycles. The van der Waals surface area contributed by atoms with Gasteiger partial charge in [-0.3, -0.25) is 0 Å². The average molecular weight is 383 g/mol. The topological polar surface area (TPSA) is 87.7 Å². The lowest BCUT2D eigenvalue weighted by Gasteiger charge is -2.31. The zero-order valence-electron chi connectivity index (χ0n) is 13.1. The van der Waals surface area contributed by atoms with Crippen molar-refractivity contribution in [3.05, 3.63) is 39.5 Å². The van der Waals surface area contributed by atoms with Gasteiger partial charge in [0.25, 0.3) is 0 Å². The number of ether oxygens (including phenoxy) is 1. The van der Waals surface area contributed by atoms with Crippen LogP contribution in [-0.4, -0.2) is 23.7 Å². The van der Waals surface area contributed by atoms with E-state index in [1.807, 2.05) is 13.8 Å². The van der Waals surface area contributed by atoms with Crippen LogP contribution in [0.3, 0.4) is 0 Å². The first-order chi connectivity index (χ1) is 10.8. The Morgan fingerprint density at radius 3 is 2.74 bits per heavy atom. The van der Waals surface area contributed by atoms with Crippen molar-refractivity contribution in [3.8, 4) is 5.75 Å². The third-order valence-corrected chi connectivity index (χ3v) is 3.97. The normalized spacial score (nSPS) is 17.8. The van der Waals surface area contributed by atoms with Crippen LogP contribution >= 0.6 is 15.9 Å². The number of amides is 2. The van der Waals surface area contributed by atoms with Gasteiger partial charge in [0.05, 0.1) is 18.2 Å². The van der Waals surface area contributed by atoms with Crippen molar-refractivity contribution in [2.75, 3.05) is 6.61 Å². The van der Waals surface area contributed by atoms with Crippen molar-refractivity contribution in [2.24, 2.45) is 5.92 Å². The third-order valence-electron chi connectivity index (χ3n) is 3.48. The number of carbonyl (C=O) groups is 2. The first-order valence-electron chi connectivity index (χ1n) is 7.32. The Labute approximate surface area is 143 Å². The van der Waals surface area contributed by atoms with Crippen molar-refractivity contribution in [1.29, 1.82) is 0 Å². The molecule has 1 heterocycles. The largest absolute Gasteiger partial charge is 0.508 e. The number of phenolic OH excluding ortho intramolecular Hbond substituents is 1. The molecule has 0 saturated heterocycles. The average Bonchev–Trinajstić information content (AvgIpc) is 2.48. The molecule has 0 aliphatic carbocycles. The van der Waals surface area contributed by atoms with Gasteiger partial charge < -0.3 is 20.5 Å². The summed E-state index contributed by atoms with van der Waals surface area (Å²) < 4.78 is 5.87. The Hall–Kier alpha value is -2.02. The van der Waals surface area contributed by atoms with Crippen LogP contribution in [-0.2, 0) is 9.53 Å². The van der Waals surface area contributed by atoms with Gasteiger partial charge in [-0.25, -0.2) is 9.59 Å². The van der Waals surface area contributed by atoms with E-state index < -0.39 is 18.0 Å². The zero-order chi connectivity index (χ0) is 17.1. The van der Waals surface area contributed by atoms with E-state index in [1.54, 1.807) is 19.1 Å². The molecule has 0 saturated carbocycles. The molecule has 1 aliphatic rings. The van der Waals surface area contributed by atoms with E-state index in [1.165, 1.54) is 6.07 Å². The number of rotatable bonds is 4. The molecular weight excluding hydrogens is 364 g/mol. The molecule has 0 fully saturated rings. The predicted molar refractivity (Wildman–Crippen MR) is 88.7 cm³/mol. The van der Waals surface area contributed by atoms with E-state index in [-0.39, 0.29) is 18.3 Å². The van der Waals surface area contributed by atoms with E-state index in [0.29, 0.717) is 16.8 Å². The van der Waals surface area contributed by atoms with E-state index >= 15 is 0 Å². The Bertz CT molecular complexity index is 670. The minimum absolute atomic E-state index is 0.00898. The number of esters is 1. The summed E-state index contributed by atoms with van der Waals surface area (Å²) in [5.41, 5.74) is 1.22. The highest BCUT2D eigenvalue weighted by Crippen LogP contribution is 2.36. The summed E-state index contributed by atoms with van der Waals surface area (Å²) in [6, 6.07) is 3.65. The number of hydrogen-bond donors (Lipinski definition) is 3. The molecule has 2 rings (SSSR count). The summed E-state index contributed by atoms with van der Waals surface area (Å²) in [4.78, 5) is 24.4. The first-order valence-corrected chi connectivity index (χ1v) is 8.11. The summed E-state index contributed by atoms with van der Waals surface area (Å²) in [5, 5.41) is 15.5. The molecule has 2 amide bonds. The number of carbonyl (C=O) groups excluding carboxylic acids is 2. The van der Waals surface area contributed by atoms with Crippen LogP contribution in [0.4, 0.5) is 4.79 Å². The second-order valence-corrected chi connectivity index (χ2v) is 6.35. The maximum atomic E-state index is 12.4. The fraction of sp³-hybridized carbons (Fsp3) is 0.375. The highest BCUT2D eigenvalue weighted by atomic mass is 79.9. The molecule has 1 unspecified atom stereocenters. The van der Waals surface area contributed by atoms with Crippen molar-refractivity contribution >= 4 is 27.9 Å². The van der Waals surface area contributed by atoms with Gasteiger partial charge in [-0.05, 0) is 31.0 Å². The zero-order valence-corrected chi connectivity index (χ0v) is 14.7. The van der Waals surface area contributed by atoms with Crippen LogP contribution in [0.1, 0.15) is 32.4 Å². The van der Waals surface area contributed by atoms with Crippen LogP contribution < -0.4 is 10.6 Å². The van der Waals surface area contributed by atoms with Gasteiger partial charge in [0.2, 0.25) is 0 Å². The van der Waals surface area contributed by atoms with Gasteiger partial charge in [0.15, 0.2) is 0 Å². The van der Waals surface area contributed by atoms with E-state index in [2.05, 4.69) is 26.6 Å². The number of aromatic hydroxyl groups is 1. The number of allylic oxidation sites excluding steroid dienone is 1. The number of urea groups is 1.